The summed E-state index contributed by atoms with van der Waals surface area (Å²) in [6.07, 6.45) is -7.22. The van der Waals surface area contributed by atoms with Gasteiger partial charge in [0, 0.05) is 6.20 Å². The van der Waals surface area contributed by atoms with Crippen LogP contribution in [0, 0.1) is 0 Å². The predicted molar refractivity (Wildman–Crippen MR) is 79.9 cm³/mol. The highest BCUT2D eigenvalue weighted by molar-refractivity contribution is 7.48. The number of fused-ring (bicyclic) bond motifs is 1. The van der Waals surface area contributed by atoms with Crippen LogP contribution in [0.1, 0.15) is 20.3 Å². The zero-order valence-electron chi connectivity index (χ0n) is 13.9. The molecule has 26 heavy (non-hydrogen) atoms. The van der Waals surface area contributed by atoms with Gasteiger partial charge in [-0.25, -0.2) is 13.3 Å². The van der Waals surface area contributed by atoms with E-state index < -0.39 is 69.1 Å². The van der Waals surface area contributed by atoms with Crippen LogP contribution >= 0.6 is 7.82 Å². The monoisotopic (exact) mass is 397 g/mol. The number of carbonyl (C=O) groups excluding carboxylic acids is 2. The molecular formula is C14H18F2NO8P. The molecule has 0 aliphatic carbocycles. The van der Waals surface area contributed by atoms with Gasteiger partial charge < -0.3 is 9.84 Å². The molecule has 0 aromatic heterocycles. The zero-order valence-corrected chi connectivity index (χ0v) is 14.8. The van der Waals surface area contributed by atoms with Crippen LogP contribution in [0.5, 0.6) is 0 Å². The van der Waals surface area contributed by atoms with E-state index >= 15 is 0 Å². The van der Waals surface area contributed by atoms with Crippen molar-refractivity contribution in [3.63, 3.8) is 0 Å². The highest BCUT2D eigenvalue weighted by Crippen LogP contribution is 2.60. The lowest BCUT2D eigenvalue weighted by molar-refractivity contribution is -0.213. The maximum atomic E-state index is 13.8. The van der Waals surface area contributed by atoms with Crippen LogP contribution in [-0.2, 0) is 32.5 Å². The van der Waals surface area contributed by atoms with Crippen LogP contribution in [0.2, 0.25) is 0 Å². The molecule has 3 rings (SSSR count). The molecule has 3 aliphatic heterocycles. The number of phosphoric acid groups is 1. The van der Waals surface area contributed by atoms with Gasteiger partial charge in [0.15, 0.2) is 17.6 Å². The molecule has 0 radical (unpaired) electrons. The van der Waals surface area contributed by atoms with E-state index in [9.17, 15) is 28.0 Å². The number of aliphatic hydroxyl groups excluding tert-OH is 1. The van der Waals surface area contributed by atoms with E-state index in [2.05, 4.69) is 0 Å². The lowest BCUT2D eigenvalue weighted by Crippen LogP contribution is -2.56. The topological polar surface area (TPSA) is 112 Å². The van der Waals surface area contributed by atoms with E-state index in [0.29, 0.717) is 0 Å². The maximum Gasteiger partial charge on any atom is 0.475 e. The first-order valence-corrected chi connectivity index (χ1v) is 9.32. The lowest BCUT2D eigenvalue weighted by atomic mass is 9.96. The normalized spacial score (nSPS) is 40.6. The molecule has 9 nitrogen and oxygen atoms in total. The molecule has 0 bridgehead atoms. The Hall–Kier alpha value is -1.23. The number of ketones is 1. The first-order chi connectivity index (χ1) is 12.1. The van der Waals surface area contributed by atoms with Gasteiger partial charge in [-0.3, -0.25) is 28.1 Å². The molecule has 0 spiro atoms. The average molecular weight is 397 g/mol. The van der Waals surface area contributed by atoms with Crippen molar-refractivity contribution in [2.75, 3.05) is 6.61 Å². The Bertz CT molecular complexity index is 686. The molecule has 1 N–H and O–H groups in total. The number of aliphatic hydroxyl groups is 1. The molecule has 12 heteroatoms. The van der Waals surface area contributed by atoms with Gasteiger partial charge in [-0.1, -0.05) is 0 Å². The Morgan fingerprint density at radius 1 is 1.42 bits per heavy atom. The second kappa shape index (κ2) is 6.74. The molecule has 5 atom stereocenters. The van der Waals surface area contributed by atoms with Crippen LogP contribution in [0.15, 0.2) is 12.3 Å². The smallest absolute Gasteiger partial charge is 0.386 e. The average Bonchev–Trinajstić information content (AvgIpc) is 2.80. The van der Waals surface area contributed by atoms with Crippen LogP contribution in [0.4, 0.5) is 8.78 Å². The fraction of sp³-hybridized carbons (Fsp3) is 0.714. The van der Waals surface area contributed by atoms with Crippen LogP contribution in [0.25, 0.3) is 0 Å². The highest BCUT2D eigenvalue weighted by Gasteiger charge is 2.67. The van der Waals surface area contributed by atoms with Crippen LogP contribution in [-0.4, -0.2) is 64.9 Å². The van der Waals surface area contributed by atoms with Gasteiger partial charge in [0.25, 0.3) is 6.43 Å². The first kappa shape index (κ1) is 19.5. The van der Waals surface area contributed by atoms with Crippen LogP contribution in [0.3, 0.4) is 0 Å². The molecule has 3 aliphatic rings. The third kappa shape index (κ3) is 3.23. The molecule has 3 heterocycles. The Labute approximate surface area is 147 Å². The molecule has 146 valence electrons. The van der Waals surface area contributed by atoms with Gasteiger partial charge in [-0.2, -0.15) is 0 Å². The maximum absolute atomic E-state index is 13.8. The number of carbonyl (C=O) groups is 2. The minimum Gasteiger partial charge on any atom is -0.386 e. The molecule has 0 saturated carbocycles. The Morgan fingerprint density at radius 3 is 2.69 bits per heavy atom. The number of alkyl halides is 2. The second-order valence-electron chi connectivity index (χ2n) is 6.42. The summed E-state index contributed by atoms with van der Waals surface area (Å²) in [7, 11) is -4.20. The summed E-state index contributed by atoms with van der Waals surface area (Å²) in [5.74, 6) is -1.19. The van der Waals surface area contributed by atoms with Crippen molar-refractivity contribution < 1.29 is 46.3 Å². The fourth-order valence-corrected chi connectivity index (χ4v) is 4.59. The van der Waals surface area contributed by atoms with Crippen molar-refractivity contribution in [3.8, 4) is 0 Å². The third-order valence-corrected chi connectivity index (χ3v) is 5.74. The van der Waals surface area contributed by atoms with Crippen molar-refractivity contribution in [2.45, 2.75) is 56.8 Å². The van der Waals surface area contributed by atoms with Gasteiger partial charge in [0.05, 0.1) is 19.1 Å². The Balaban J connectivity index is 1.90. The molecule has 0 aromatic carbocycles. The number of hydrogen-bond donors (Lipinski definition) is 1. The van der Waals surface area contributed by atoms with E-state index in [1.165, 1.54) is 0 Å². The van der Waals surface area contributed by atoms with E-state index in [0.717, 1.165) is 17.2 Å². The first-order valence-electron chi connectivity index (χ1n) is 7.85. The van der Waals surface area contributed by atoms with Crippen molar-refractivity contribution in [2.24, 2.45) is 0 Å². The van der Waals surface area contributed by atoms with Gasteiger partial charge in [0.2, 0.25) is 5.91 Å². The minimum atomic E-state index is -4.20. The minimum absolute atomic E-state index is 0.464. The summed E-state index contributed by atoms with van der Waals surface area (Å²) >= 11 is 0. The van der Waals surface area contributed by atoms with E-state index in [-0.39, 0.29) is 0 Å². The number of rotatable bonds is 4. The highest BCUT2D eigenvalue weighted by atomic mass is 31.2. The van der Waals surface area contributed by atoms with Crippen molar-refractivity contribution in [3.05, 3.63) is 12.3 Å². The van der Waals surface area contributed by atoms with E-state index in [1.54, 1.807) is 13.8 Å². The Kier molecular flexibility index (Phi) is 5.06. The molecular weight excluding hydrogens is 379 g/mol. The number of phosphoric ester groups is 1. The van der Waals surface area contributed by atoms with Crippen molar-refractivity contribution in [1.82, 2.24) is 4.90 Å². The molecule has 2 saturated heterocycles. The summed E-state index contributed by atoms with van der Waals surface area (Å²) < 4.78 is 60.3. The summed E-state index contributed by atoms with van der Waals surface area (Å²) in [6, 6.07) is 0. The fourth-order valence-electron chi connectivity index (χ4n) is 2.96. The second-order valence-corrected chi connectivity index (χ2v) is 7.99. The van der Waals surface area contributed by atoms with Crippen molar-refractivity contribution in [1.29, 1.82) is 0 Å². The molecule has 1 amide bonds. The van der Waals surface area contributed by atoms with E-state index in [4.69, 9.17) is 18.3 Å². The van der Waals surface area contributed by atoms with Crippen LogP contribution < -0.4 is 0 Å². The Morgan fingerprint density at radius 2 is 2.12 bits per heavy atom. The molecule has 2 fully saturated rings. The third-order valence-electron chi connectivity index (χ3n) is 4.13. The molecule has 1 unspecified atom stereocenters. The molecule has 0 aromatic rings. The van der Waals surface area contributed by atoms with Gasteiger partial charge in [-0.15, -0.1) is 0 Å². The number of halogens is 2. The zero-order chi connectivity index (χ0) is 19.3. The number of allylic oxidation sites excluding steroid dienone is 1. The number of amides is 1. The summed E-state index contributed by atoms with van der Waals surface area (Å²) in [6.45, 7) is 2.22. The number of hydrogen-bond acceptors (Lipinski definition) is 8. The predicted octanol–water partition coefficient (Wildman–Crippen LogP) is 0.971. The van der Waals surface area contributed by atoms with E-state index in [1.807, 2.05) is 0 Å². The SMILES string of the molecule is CC(C)OP1(=O)OC[C@@]2(C(F)F)O[C@@H](N3C=CC(=O)CC3=O)[C@H](O)[C@@H]2O1. The summed E-state index contributed by atoms with van der Waals surface area (Å²) in [5, 5.41) is 10.5. The summed E-state index contributed by atoms with van der Waals surface area (Å²) in [4.78, 5) is 24.1. The standard InChI is InChI=1S/C14H18F2NO8P/c1-7(2)24-26(21)22-6-14(13(15)16)11(25-26)10(20)12(23-14)17-4-3-8(18)5-9(17)19/h3-4,7,10-13,20H,5-6H2,1-2H3/t10-,11+,12-,14-,26?/m1/s1. The van der Waals surface area contributed by atoms with Gasteiger partial charge in [0.1, 0.15) is 12.2 Å². The number of ether oxygens (including phenoxy) is 1. The van der Waals surface area contributed by atoms with Gasteiger partial charge >= 0.3 is 7.82 Å². The number of nitrogens with zero attached hydrogens (tertiary/aromatic N) is 1. The van der Waals surface area contributed by atoms with Crippen molar-refractivity contribution >= 4 is 19.5 Å². The quantitative estimate of drug-likeness (QED) is 0.552. The van der Waals surface area contributed by atoms with Gasteiger partial charge in [-0.05, 0) is 19.9 Å². The lowest BCUT2D eigenvalue weighted by Gasteiger charge is -2.39. The largest absolute Gasteiger partial charge is 0.475 e. The summed E-state index contributed by atoms with van der Waals surface area (Å²) in [5.41, 5.74) is -2.44.